The zero-order valence-corrected chi connectivity index (χ0v) is 16.3. The highest BCUT2D eigenvalue weighted by Gasteiger charge is 2.29. The van der Waals surface area contributed by atoms with Crippen LogP contribution in [0, 0.1) is 11.3 Å². The summed E-state index contributed by atoms with van der Waals surface area (Å²) in [6, 6.07) is 16.6. The summed E-state index contributed by atoms with van der Waals surface area (Å²) in [6.45, 7) is 1.15. The molecule has 2 unspecified atom stereocenters. The van der Waals surface area contributed by atoms with E-state index in [1.165, 1.54) is 11.3 Å². The molecule has 1 aromatic carbocycles. The van der Waals surface area contributed by atoms with Crippen molar-refractivity contribution < 1.29 is 19.4 Å². The van der Waals surface area contributed by atoms with Gasteiger partial charge in [-0.2, -0.15) is 5.26 Å². The average Bonchev–Trinajstić information content (AvgIpc) is 3.46. The summed E-state index contributed by atoms with van der Waals surface area (Å²) < 4.78 is 11.4. The van der Waals surface area contributed by atoms with Crippen LogP contribution in [0.25, 0.3) is 10.6 Å². The van der Waals surface area contributed by atoms with Crippen molar-refractivity contribution >= 4 is 17.3 Å². The second-order valence-electron chi connectivity index (χ2n) is 6.67. The molecule has 0 bridgehead atoms. The van der Waals surface area contributed by atoms with E-state index in [-0.39, 0.29) is 17.4 Å². The Labute approximate surface area is 172 Å². The summed E-state index contributed by atoms with van der Waals surface area (Å²) in [7, 11) is 0. The maximum atomic E-state index is 11.9. The normalized spacial score (nSPS) is 16.9. The van der Waals surface area contributed by atoms with Gasteiger partial charge in [0.1, 0.15) is 11.6 Å². The van der Waals surface area contributed by atoms with Crippen LogP contribution in [-0.4, -0.2) is 29.3 Å². The monoisotopic (exact) mass is 406 g/mol. The van der Waals surface area contributed by atoms with Crippen LogP contribution in [0.3, 0.4) is 0 Å². The third-order valence-electron chi connectivity index (χ3n) is 4.83. The fraction of sp³-hybridized carbons (Fsp3) is 0.227. The van der Waals surface area contributed by atoms with Crippen molar-refractivity contribution in [2.75, 3.05) is 13.2 Å². The molecule has 3 aromatic rings. The standard InChI is InChI=1S/C22H18N2O4S/c23-12-17-16(15-8-9-27-13-15)11-18(19-7-4-10-29-19)24-21(17)28-20(22(25)26)14-5-2-1-3-6-14/h1-7,10-11,15,20H,8-9,13H2,(H,25,26). The molecule has 1 fully saturated rings. The first-order valence-electron chi connectivity index (χ1n) is 9.18. The number of carboxylic acid groups (broad SMARTS) is 1. The van der Waals surface area contributed by atoms with Gasteiger partial charge in [0.2, 0.25) is 12.0 Å². The lowest BCUT2D eigenvalue weighted by atomic mass is 9.94. The van der Waals surface area contributed by atoms with Gasteiger partial charge in [-0.25, -0.2) is 9.78 Å². The highest BCUT2D eigenvalue weighted by molar-refractivity contribution is 7.13. The van der Waals surface area contributed by atoms with Gasteiger partial charge in [-0.05, 0) is 29.5 Å². The number of carbonyl (C=O) groups is 1. The molecular formula is C22H18N2O4S. The van der Waals surface area contributed by atoms with E-state index >= 15 is 0 Å². The molecular weight excluding hydrogens is 388 g/mol. The highest BCUT2D eigenvalue weighted by atomic mass is 32.1. The minimum atomic E-state index is -1.26. The summed E-state index contributed by atoms with van der Waals surface area (Å²) in [6.07, 6.45) is -0.467. The summed E-state index contributed by atoms with van der Waals surface area (Å²) in [5.41, 5.74) is 2.20. The number of thiophene rings is 1. The van der Waals surface area contributed by atoms with Crippen LogP contribution in [0.4, 0.5) is 0 Å². The fourth-order valence-corrected chi connectivity index (χ4v) is 4.08. The van der Waals surface area contributed by atoms with Crippen LogP contribution >= 0.6 is 11.3 Å². The predicted octanol–water partition coefficient (Wildman–Crippen LogP) is 4.39. The number of pyridine rings is 1. The van der Waals surface area contributed by atoms with E-state index in [1.807, 2.05) is 23.6 Å². The number of nitriles is 1. The van der Waals surface area contributed by atoms with Crippen molar-refractivity contribution in [3.05, 3.63) is 70.6 Å². The molecule has 1 aliphatic heterocycles. The Bertz CT molecular complexity index is 1040. The Balaban J connectivity index is 1.82. The van der Waals surface area contributed by atoms with E-state index in [1.54, 1.807) is 30.3 Å². The molecule has 1 N–H and O–H groups in total. The molecule has 0 spiro atoms. The Morgan fingerprint density at radius 1 is 1.31 bits per heavy atom. The minimum Gasteiger partial charge on any atom is -0.478 e. The lowest BCUT2D eigenvalue weighted by molar-refractivity contribution is -0.145. The van der Waals surface area contributed by atoms with Gasteiger partial charge in [-0.15, -0.1) is 11.3 Å². The van der Waals surface area contributed by atoms with Gasteiger partial charge >= 0.3 is 5.97 Å². The number of aromatic nitrogens is 1. The number of carboxylic acids is 1. The number of nitrogens with zero attached hydrogens (tertiary/aromatic N) is 2. The quantitative estimate of drug-likeness (QED) is 0.653. The molecule has 2 atom stereocenters. The second-order valence-corrected chi connectivity index (χ2v) is 7.62. The van der Waals surface area contributed by atoms with Crippen molar-refractivity contribution in [1.82, 2.24) is 4.98 Å². The van der Waals surface area contributed by atoms with E-state index in [4.69, 9.17) is 9.47 Å². The first kappa shape index (κ1) is 19.1. The van der Waals surface area contributed by atoms with Crippen molar-refractivity contribution in [3.63, 3.8) is 0 Å². The molecule has 6 nitrogen and oxygen atoms in total. The molecule has 1 saturated heterocycles. The van der Waals surface area contributed by atoms with E-state index in [0.717, 1.165) is 16.9 Å². The average molecular weight is 406 g/mol. The van der Waals surface area contributed by atoms with E-state index < -0.39 is 12.1 Å². The third kappa shape index (κ3) is 3.99. The first-order valence-corrected chi connectivity index (χ1v) is 10.1. The molecule has 146 valence electrons. The third-order valence-corrected chi connectivity index (χ3v) is 5.72. The number of hydrogen-bond acceptors (Lipinski definition) is 6. The number of ether oxygens (including phenoxy) is 2. The lowest BCUT2D eigenvalue weighted by Crippen LogP contribution is -2.20. The molecule has 1 aliphatic rings. The Kier molecular flexibility index (Phi) is 5.56. The van der Waals surface area contributed by atoms with Crippen molar-refractivity contribution in [2.24, 2.45) is 0 Å². The number of benzene rings is 1. The summed E-state index contributed by atoms with van der Waals surface area (Å²) in [4.78, 5) is 17.4. The van der Waals surface area contributed by atoms with Gasteiger partial charge in [-0.3, -0.25) is 0 Å². The Morgan fingerprint density at radius 2 is 2.14 bits per heavy atom. The molecule has 0 aliphatic carbocycles. The minimum absolute atomic E-state index is 0.0385. The number of aliphatic carboxylic acids is 1. The van der Waals surface area contributed by atoms with Gasteiger partial charge in [0, 0.05) is 18.1 Å². The van der Waals surface area contributed by atoms with Crippen LogP contribution in [0.15, 0.2) is 53.9 Å². The number of rotatable bonds is 6. The fourth-order valence-electron chi connectivity index (χ4n) is 3.39. The summed E-state index contributed by atoms with van der Waals surface area (Å²) in [5, 5.41) is 21.5. The Hall–Kier alpha value is -3.21. The second kappa shape index (κ2) is 8.43. The molecule has 0 radical (unpaired) electrons. The van der Waals surface area contributed by atoms with Crippen LogP contribution in [-0.2, 0) is 9.53 Å². The highest BCUT2D eigenvalue weighted by Crippen LogP contribution is 2.37. The summed E-state index contributed by atoms with van der Waals surface area (Å²) >= 11 is 1.52. The molecule has 29 heavy (non-hydrogen) atoms. The molecule has 2 aromatic heterocycles. The molecule has 7 heteroatoms. The maximum absolute atomic E-state index is 11.9. The van der Waals surface area contributed by atoms with Crippen molar-refractivity contribution in [1.29, 1.82) is 5.26 Å². The van der Waals surface area contributed by atoms with E-state index in [9.17, 15) is 15.2 Å². The Morgan fingerprint density at radius 3 is 2.76 bits per heavy atom. The SMILES string of the molecule is N#Cc1c(C2CCOC2)cc(-c2cccs2)nc1OC(C(=O)O)c1ccccc1. The molecule has 0 saturated carbocycles. The smallest absolute Gasteiger partial charge is 0.349 e. The zero-order valence-electron chi connectivity index (χ0n) is 15.4. The van der Waals surface area contributed by atoms with E-state index in [2.05, 4.69) is 11.1 Å². The van der Waals surface area contributed by atoms with Crippen LogP contribution in [0.5, 0.6) is 5.88 Å². The van der Waals surface area contributed by atoms with Gasteiger partial charge < -0.3 is 14.6 Å². The summed E-state index contributed by atoms with van der Waals surface area (Å²) in [5.74, 6) is -1.06. The molecule has 3 heterocycles. The van der Waals surface area contributed by atoms with Crippen molar-refractivity contribution in [2.45, 2.75) is 18.4 Å². The maximum Gasteiger partial charge on any atom is 0.349 e. The lowest BCUT2D eigenvalue weighted by Gasteiger charge is -2.19. The van der Waals surface area contributed by atoms with Gasteiger partial charge in [0.25, 0.3) is 0 Å². The van der Waals surface area contributed by atoms with Gasteiger partial charge in [0.05, 0.1) is 17.2 Å². The zero-order chi connectivity index (χ0) is 20.2. The van der Waals surface area contributed by atoms with Crippen LogP contribution in [0.2, 0.25) is 0 Å². The molecule has 0 amide bonds. The van der Waals surface area contributed by atoms with Crippen molar-refractivity contribution in [3.8, 4) is 22.5 Å². The van der Waals surface area contributed by atoms with Crippen LogP contribution < -0.4 is 4.74 Å². The van der Waals surface area contributed by atoms with Crippen LogP contribution in [0.1, 0.15) is 35.1 Å². The predicted molar refractivity (Wildman–Crippen MR) is 108 cm³/mol. The number of hydrogen-bond donors (Lipinski definition) is 1. The first-order chi connectivity index (χ1) is 14.2. The van der Waals surface area contributed by atoms with Gasteiger partial charge in [-0.1, -0.05) is 36.4 Å². The van der Waals surface area contributed by atoms with E-state index in [0.29, 0.717) is 24.5 Å². The topological polar surface area (TPSA) is 92.4 Å². The molecule has 4 rings (SSSR count). The largest absolute Gasteiger partial charge is 0.478 e. The van der Waals surface area contributed by atoms with Gasteiger partial charge in [0.15, 0.2) is 0 Å².